The van der Waals surface area contributed by atoms with Gasteiger partial charge in [0.15, 0.2) is 0 Å². The van der Waals surface area contributed by atoms with Crippen LogP contribution in [0.2, 0.25) is 10.0 Å². The van der Waals surface area contributed by atoms with Crippen LogP contribution in [-0.2, 0) is 0 Å². The predicted octanol–water partition coefficient (Wildman–Crippen LogP) is 5.27. The van der Waals surface area contributed by atoms with E-state index in [0.717, 1.165) is 0 Å². The molecule has 94 valence electrons. The van der Waals surface area contributed by atoms with Crippen molar-refractivity contribution in [2.45, 2.75) is 0 Å². The lowest BCUT2D eigenvalue weighted by Crippen LogP contribution is -1.93. The molecule has 0 saturated heterocycles. The molecule has 0 heterocycles. The predicted molar refractivity (Wildman–Crippen MR) is 75.0 cm³/mol. The van der Waals surface area contributed by atoms with E-state index in [1.165, 1.54) is 12.1 Å². The molecular formula is C12H7BrCl2FNO. The number of nitrogen functional groups attached to an aromatic ring is 1. The van der Waals surface area contributed by atoms with Gasteiger partial charge in [-0.1, -0.05) is 23.2 Å². The van der Waals surface area contributed by atoms with Gasteiger partial charge in [-0.05, 0) is 40.2 Å². The molecule has 0 spiro atoms. The van der Waals surface area contributed by atoms with E-state index in [4.69, 9.17) is 33.7 Å². The van der Waals surface area contributed by atoms with Crippen LogP contribution in [0.1, 0.15) is 0 Å². The highest BCUT2D eigenvalue weighted by atomic mass is 79.9. The van der Waals surface area contributed by atoms with Gasteiger partial charge in [0.25, 0.3) is 0 Å². The summed E-state index contributed by atoms with van der Waals surface area (Å²) < 4.78 is 19.4. The average Bonchev–Trinajstić information content (AvgIpc) is 2.29. The van der Waals surface area contributed by atoms with Crippen molar-refractivity contribution in [3.8, 4) is 11.5 Å². The molecule has 2 rings (SSSR count). The maximum atomic E-state index is 13.3. The second kappa shape index (κ2) is 5.34. The largest absolute Gasteiger partial charge is 0.454 e. The molecule has 0 aliphatic carbocycles. The van der Waals surface area contributed by atoms with Crippen molar-refractivity contribution >= 4 is 44.8 Å². The third-order valence-electron chi connectivity index (χ3n) is 2.17. The normalized spacial score (nSPS) is 10.4. The van der Waals surface area contributed by atoms with E-state index < -0.39 is 5.82 Å². The zero-order valence-electron chi connectivity index (χ0n) is 8.88. The van der Waals surface area contributed by atoms with Crippen molar-refractivity contribution in [1.29, 1.82) is 0 Å². The van der Waals surface area contributed by atoms with Crippen LogP contribution in [0.15, 0.2) is 34.8 Å². The Morgan fingerprint density at radius 3 is 2.50 bits per heavy atom. The molecule has 0 amide bonds. The molecule has 0 unspecified atom stereocenters. The second-order valence-electron chi connectivity index (χ2n) is 3.48. The van der Waals surface area contributed by atoms with E-state index >= 15 is 0 Å². The topological polar surface area (TPSA) is 35.2 Å². The van der Waals surface area contributed by atoms with Crippen molar-refractivity contribution in [3.63, 3.8) is 0 Å². The number of anilines is 1. The number of ether oxygens (including phenoxy) is 1. The summed E-state index contributed by atoms with van der Waals surface area (Å²) in [4.78, 5) is 0. The van der Waals surface area contributed by atoms with Crippen LogP contribution in [-0.4, -0.2) is 0 Å². The molecule has 2 aromatic rings. The summed E-state index contributed by atoms with van der Waals surface area (Å²) >= 11 is 14.6. The Morgan fingerprint density at radius 1 is 1.11 bits per heavy atom. The average molecular weight is 351 g/mol. The first-order chi connectivity index (χ1) is 8.47. The highest BCUT2D eigenvalue weighted by Crippen LogP contribution is 2.36. The number of hydrogen-bond donors (Lipinski definition) is 1. The van der Waals surface area contributed by atoms with Crippen LogP contribution in [0.25, 0.3) is 0 Å². The van der Waals surface area contributed by atoms with E-state index in [1.54, 1.807) is 18.2 Å². The number of halogens is 4. The number of benzene rings is 2. The van der Waals surface area contributed by atoms with Gasteiger partial charge in [-0.15, -0.1) is 0 Å². The summed E-state index contributed by atoms with van der Waals surface area (Å²) in [5.41, 5.74) is 6.11. The molecule has 2 aromatic carbocycles. The minimum atomic E-state index is -0.567. The first-order valence-corrected chi connectivity index (χ1v) is 6.39. The lowest BCUT2D eigenvalue weighted by molar-refractivity contribution is 0.476. The van der Waals surface area contributed by atoms with E-state index in [0.29, 0.717) is 20.9 Å². The van der Waals surface area contributed by atoms with Gasteiger partial charge >= 0.3 is 0 Å². The quantitative estimate of drug-likeness (QED) is 0.591. The zero-order chi connectivity index (χ0) is 13.3. The molecule has 0 aliphatic heterocycles. The van der Waals surface area contributed by atoms with E-state index in [9.17, 15) is 4.39 Å². The Morgan fingerprint density at radius 2 is 1.83 bits per heavy atom. The first kappa shape index (κ1) is 13.5. The SMILES string of the molecule is Nc1cc(Cl)ccc1Oc1cc(F)c(Cl)cc1Br. The molecule has 0 bridgehead atoms. The van der Waals surface area contributed by atoms with Gasteiger partial charge in [0.2, 0.25) is 0 Å². The maximum Gasteiger partial charge on any atom is 0.150 e. The van der Waals surface area contributed by atoms with Crippen molar-refractivity contribution in [2.75, 3.05) is 5.73 Å². The Bertz CT molecular complexity index is 607. The molecule has 18 heavy (non-hydrogen) atoms. The molecule has 0 aromatic heterocycles. The monoisotopic (exact) mass is 349 g/mol. The van der Waals surface area contributed by atoms with Gasteiger partial charge < -0.3 is 10.5 Å². The van der Waals surface area contributed by atoms with E-state index in [1.807, 2.05) is 0 Å². The smallest absolute Gasteiger partial charge is 0.150 e. The van der Waals surface area contributed by atoms with Gasteiger partial charge in [0.05, 0.1) is 15.2 Å². The van der Waals surface area contributed by atoms with Gasteiger partial charge in [0, 0.05) is 11.1 Å². The van der Waals surface area contributed by atoms with Gasteiger partial charge in [-0.3, -0.25) is 0 Å². The highest BCUT2D eigenvalue weighted by Gasteiger charge is 2.10. The van der Waals surface area contributed by atoms with Crippen LogP contribution in [0, 0.1) is 5.82 Å². The molecular weight excluding hydrogens is 344 g/mol. The fraction of sp³-hybridized carbons (Fsp3) is 0. The Balaban J connectivity index is 2.37. The Hall–Kier alpha value is -0.970. The minimum Gasteiger partial charge on any atom is -0.454 e. The number of rotatable bonds is 2. The molecule has 0 atom stereocenters. The minimum absolute atomic E-state index is 0.0123. The van der Waals surface area contributed by atoms with Gasteiger partial charge in [-0.2, -0.15) is 0 Å². The van der Waals surface area contributed by atoms with Crippen molar-refractivity contribution < 1.29 is 9.13 Å². The van der Waals surface area contributed by atoms with Crippen LogP contribution in [0.5, 0.6) is 11.5 Å². The summed E-state index contributed by atoms with van der Waals surface area (Å²) in [5, 5.41) is 0.513. The van der Waals surface area contributed by atoms with E-state index in [2.05, 4.69) is 15.9 Å². The summed E-state index contributed by atoms with van der Waals surface area (Å²) in [6.07, 6.45) is 0. The van der Waals surface area contributed by atoms with Crippen LogP contribution in [0.3, 0.4) is 0 Å². The molecule has 6 heteroatoms. The van der Waals surface area contributed by atoms with Crippen LogP contribution >= 0.6 is 39.1 Å². The molecule has 2 nitrogen and oxygen atoms in total. The fourth-order valence-corrected chi connectivity index (χ4v) is 2.21. The zero-order valence-corrected chi connectivity index (χ0v) is 12.0. The molecule has 2 N–H and O–H groups in total. The molecule has 0 aliphatic rings. The van der Waals surface area contributed by atoms with Crippen molar-refractivity contribution in [3.05, 3.63) is 50.7 Å². The fourth-order valence-electron chi connectivity index (χ4n) is 1.31. The van der Waals surface area contributed by atoms with Gasteiger partial charge in [0.1, 0.15) is 17.3 Å². The Labute approximate surface area is 122 Å². The van der Waals surface area contributed by atoms with E-state index in [-0.39, 0.29) is 10.8 Å². The molecule has 0 radical (unpaired) electrons. The van der Waals surface area contributed by atoms with Crippen LogP contribution < -0.4 is 10.5 Å². The summed E-state index contributed by atoms with van der Waals surface area (Å²) in [6, 6.07) is 7.39. The van der Waals surface area contributed by atoms with Gasteiger partial charge in [-0.25, -0.2) is 4.39 Å². The summed E-state index contributed by atoms with van der Waals surface area (Å²) in [6.45, 7) is 0. The number of nitrogens with two attached hydrogens (primary N) is 1. The third-order valence-corrected chi connectivity index (χ3v) is 3.31. The molecule has 0 fully saturated rings. The molecule has 0 saturated carbocycles. The van der Waals surface area contributed by atoms with Crippen molar-refractivity contribution in [1.82, 2.24) is 0 Å². The third kappa shape index (κ3) is 2.88. The van der Waals surface area contributed by atoms with Crippen molar-refractivity contribution in [2.24, 2.45) is 0 Å². The number of hydrogen-bond acceptors (Lipinski definition) is 2. The summed E-state index contributed by atoms with van der Waals surface area (Å²) in [7, 11) is 0. The standard InChI is InChI=1S/C12H7BrCl2FNO/c13-7-4-8(15)9(16)5-12(7)18-11-2-1-6(14)3-10(11)17/h1-5H,17H2. The second-order valence-corrected chi connectivity index (χ2v) is 5.18. The lowest BCUT2D eigenvalue weighted by atomic mass is 10.3. The Kier molecular flexibility index (Phi) is 4.00. The maximum absolute atomic E-state index is 13.3. The highest BCUT2D eigenvalue weighted by molar-refractivity contribution is 9.10. The van der Waals surface area contributed by atoms with Crippen LogP contribution in [0.4, 0.5) is 10.1 Å². The first-order valence-electron chi connectivity index (χ1n) is 4.85. The lowest BCUT2D eigenvalue weighted by Gasteiger charge is -2.10. The summed E-state index contributed by atoms with van der Waals surface area (Å²) in [5.74, 6) is 0.107.